The summed E-state index contributed by atoms with van der Waals surface area (Å²) in [5.74, 6) is -1.62. The first-order valence-corrected chi connectivity index (χ1v) is 9.41. The monoisotopic (exact) mass is 332 g/mol. The van der Waals surface area contributed by atoms with Crippen LogP contribution in [-0.4, -0.2) is 11.7 Å². The van der Waals surface area contributed by atoms with E-state index in [1.54, 1.807) is 0 Å². The van der Waals surface area contributed by atoms with Crippen molar-refractivity contribution < 1.29 is 13.6 Å². The quantitative estimate of drug-likeness (QED) is 0.599. The van der Waals surface area contributed by atoms with Crippen LogP contribution in [-0.2, 0) is 4.79 Å². The molecule has 4 aliphatic rings. The third-order valence-electron chi connectivity index (χ3n) is 7.14. The summed E-state index contributed by atoms with van der Waals surface area (Å²) in [4.78, 5) is 11.7. The van der Waals surface area contributed by atoms with Gasteiger partial charge in [-0.1, -0.05) is 18.6 Å². The first kappa shape index (κ1) is 16.2. The molecule has 130 valence electrons. The Morgan fingerprint density at radius 1 is 1.21 bits per heavy atom. The summed E-state index contributed by atoms with van der Waals surface area (Å²) in [5, 5.41) is 0. The molecule has 0 heterocycles. The summed E-state index contributed by atoms with van der Waals surface area (Å²) in [7, 11) is 0. The van der Waals surface area contributed by atoms with E-state index >= 15 is 0 Å². The Morgan fingerprint density at radius 3 is 2.83 bits per heavy atom. The molecule has 3 heteroatoms. The fourth-order valence-electron chi connectivity index (χ4n) is 6.18. The molecule has 0 radical (unpaired) electrons. The summed E-state index contributed by atoms with van der Waals surface area (Å²) < 4.78 is 28.3. The summed E-state index contributed by atoms with van der Waals surface area (Å²) in [6, 6.07) is 0. The van der Waals surface area contributed by atoms with Gasteiger partial charge in [0.1, 0.15) is 0 Å². The van der Waals surface area contributed by atoms with Gasteiger partial charge in [-0.15, -0.1) is 0 Å². The van der Waals surface area contributed by atoms with E-state index in [0.29, 0.717) is 18.3 Å². The van der Waals surface area contributed by atoms with Gasteiger partial charge in [0, 0.05) is 12.8 Å². The van der Waals surface area contributed by atoms with Crippen molar-refractivity contribution in [3.8, 4) is 0 Å². The Bertz CT molecular complexity index is 642. The molecule has 0 N–H and O–H groups in total. The number of ketones is 1. The highest BCUT2D eigenvalue weighted by atomic mass is 19.3. The number of halogens is 2. The zero-order chi connectivity index (χ0) is 16.9. The molecule has 24 heavy (non-hydrogen) atoms. The average Bonchev–Trinajstić information content (AvgIpc) is 2.97. The standard InChI is InChI=1S/C21H26F2O/c1-2-21(22,23)13-20-10-3-4-19(20)18-7-5-14-12-15(24)6-8-16(14)17(18)9-11-20/h2,12,18-19H,1,3-11,13H2/t18-,19+,20+/m1/s1. The highest BCUT2D eigenvalue weighted by Gasteiger charge is 2.54. The lowest BCUT2D eigenvalue weighted by molar-refractivity contribution is -0.114. The van der Waals surface area contributed by atoms with Crippen molar-refractivity contribution in [1.82, 2.24) is 0 Å². The van der Waals surface area contributed by atoms with Gasteiger partial charge in [0.2, 0.25) is 0 Å². The fourth-order valence-corrected chi connectivity index (χ4v) is 6.18. The normalized spacial score (nSPS) is 35.9. The number of carbonyl (C=O) groups excluding carboxylic acids is 1. The first-order chi connectivity index (χ1) is 11.4. The zero-order valence-electron chi connectivity index (χ0n) is 14.3. The molecule has 0 aliphatic heterocycles. The molecule has 1 nitrogen and oxygen atoms in total. The van der Waals surface area contributed by atoms with Crippen LogP contribution >= 0.6 is 0 Å². The van der Waals surface area contributed by atoms with Crippen molar-refractivity contribution in [1.29, 1.82) is 0 Å². The van der Waals surface area contributed by atoms with Crippen molar-refractivity contribution in [2.24, 2.45) is 17.3 Å². The summed E-state index contributed by atoms with van der Waals surface area (Å²) in [5.41, 5.74) is 3.99. The fraction of sp³-hybridized carbons (Fsp3) is 0.667. The Balaban J connectivity index is 1.68. The van der Waals surface area contributed by atoms with E-state index in [9.17, 15) is 13.6 Å². The zero-order valence-corrected chi connectivity index (χ0v) is 14.3. The van der Waals surface area contributed by atoms with E-state index in [0.717, 1.165) is 57.4 Å². The number of alkyl halides is 2. The average molecular weight is 332 g/mol. The third-order valence-corrected chi connectivity index (χ3v) is 7.14. The van der Waals surface area contributed by atoms with E-state index in [-0.39, 0.29) is 17.6 Å². The predicted octanol–water partition coefficient (Wildman–Crippen LogP) is 5.77. The van der Waals surface area contributed by atoms with Gasteiger partial charge in [0.15, 0.2) is 5.78 Å². The second-order valence-electron chi connectivity index (χ2n) is 8.29. The molecule has 0 bridgehead atoms. The van der Waals surface area contributed by atoms with Crippen LogP contribution in [0.4, 0.5) is 8.78 Å². The molecule has 0 saturated heterocycles. The maximum atomic E-state index is 14.1. The molecule has 0 aromatic heterocycles. The molecule has 4 aliphatic carbocycles. The van der Waals surface area contributed by atoms with Crippen LogP contribution in [0.3, 0.4) is 0 Å². The second kappa shape index (κ2) is 5.64. The van der Waals surface area contributed by atoms with E-state index in [2.05, 4.69) is 6.58 Å². The van der Waals surface area contributed by atoms with Crippen LogP contribution in [0.1, 0.15) is 64.2 Å². The lowest BCUT2D eigenvalue weighted by atomic mass is 9.55. The van der Waals surface area contributed by atoms with Crippen molar-refractivity contribution in [2.75, 3.05) is 0 Å². The van der Waals surface area contributed by atoms with Gasteiger partial charge >= 0.3 is 0 Å². The molecule has 2 saturated carbocycles. The highest BCUT2D eigenvalue weighted by molar-refractivity contribution is 5.93. The van der Waals surface area contributed by atoms with Crippen molar-refractivity contribution in [2.45, 2.75) is 70.1 Å². The van der Waals surface area contributed by atoms with Gasteiger partial charge in [-0.3, -0.25) is 4.79 Å². The maximum Gasteiger partial charge on any atom is 0.266 e. The van der Waals surface area contributed by atoms with Crippen molar-refractivity contribution in [3.05, 3.63) is 35.5 Å². The van der Waals surface area contributed by atoms with Gasteiger partial charge in [-0.25, -0.2) is 8.78 Å². The second-order valence-corrected chi connectivity index (χ2v) is 8.29. The van der Waals surface area contributed by atoms with E-state index in [4.69, 9.17) is 0 Å². The molecule has 0 aromatic rings. The smallest absolute Gasteiger partial charge is 0.266 e. The van der Waals surface area contributed by atoms with E-state index in [1.165, 1.54) is 16.7 Å². The van der Waals surface area contributed by atoms with Gasteiger partial charge in [0.25, 0.3) is 5.92 Å². The van der Waals surface area contributed by atoms with Crippen molar-refractivity contribution >= 4 is 5.78 Å². The molecular formula is C21H26F2O. The lowest BCUT2D eigenvalue weighted by Gasteiger charge is -2.49. The summed E-state index contributed by atoms with van der Waals surface area (Å²) in [6.45, 7) is 3.35. The van der Waals surface area contributed by atoms with Gasteiger partial charge in [0.05, 0.1) is 0 Å². The number of allylic oxidation sites excluding steroid dienone is 5. The van der Waals surface area contributed by atoms with Crippen LogP contribution in [0, 0.1) is 17.3 Å². The Labute approximate surface area is 142 Å². The van der Waals surface area contributed by atoms with Gasteiger partial charge < -0.3 is 0 Å². The van der Waals surface area contributed by atoms with Gasteiger partial charge in [-0.05, 0) is 85.5 Å². The van der Waals surface area contributed by atoms with Crippen molar-refractivity contribution in [3.63, 3.8) is 0 Å². The predicted molar refractivity (Wildman–Crippen MR) is 90.8 cm³/mol. The number of hydrogen-bond acceptors (Lipinski definition) is 1. The number of fused-ring (bicyclic) bond motifs is 4. The molecule has 0 amide bonds. The van der Waals surface area contributed by atoms with Crippen LogP contribution in [0.15, 0.2) is 35.5 Å². The molecule has 0 aromatic carbocycles. The first-order valence-electron chi connectivity index (χ1n) is 9.41. The molecular weight excluding hydrogens is 306 g/mol. The number of rotatable bonds is 3. The minimum atomic E-state index is -2.75. The SMILES string of the molecule is C=CC(F)(F)C[C@@]12CCC[C@H]1[C@@H]1CCC3=CC(=O)CCC3=C1CC2. The minimum Gasteiger partial charge on any atom is -0.295 e. The molecule has 0 spiro atoms. The van der Waals surface area contributed by atoms with E-state index < -0.39 is 5.92 Å². The van der Waals surface area contributed by atoms with Crippen LogP contribution in [0.5, 0.6) is 0 Å². The van der Waals surface area contributed by atoms with Crippen LogP contribution in [0.2, 0.25) is 0 Å². The highest BCUT2D eigenvalue weighted by Crippen LogP contribution is 2.63. The summed E-state index contributed by atoms with van der Waals surface area (Å²) >= 11 is 0. The third kappa shape index (κ3) is 2.51. The Kier molecular flexibility index (Phi) is 3.81. The topological polar surface area (TPSA) is 17.1 Å². The number of hydrogen-bond donors (Lipinski definition) is 0. The van der Waals surface area contributed by atoms with Crippen LogP contribution < -0.4 is 0 Å². The summed E-state index contributed by atoms with van der Waals surface area (Å²) in [6.07, 6.45) is 11.1. The molecule has 2 fully saturated rings. The largest absolute Gasteiger partial charge is 0.295 e. The van der Waals surface area contributed by atoms with Gasteiger partial charge in [-0.2, -0.15) is 0 Å². The van der Waals surface area contributed by atoms with Crippen LogP contribution in [0.25, 0.3) is 0 Å². The number of carbonyl (C=O) groups is 1. The Morgan fingerprint density at radius 2 is 2.04 bits per heavy atom. The molecule has 4 rings (SSSR count). The minimum absolute atomic E-state index is 0.0194. The molecule has 3 atom stereocenters. The Hall–Kier alpha value is -1.25. The lowest BCUT2D eigenvalue weighted by Crippen LogP contribution is -2.41. The molecule has 0 unspecified atom stereocenters. The maximum absolute atomic E-state index is 14.1. The van der Waals surface area contributed by atoms with E-state index in [1.807, 2.05) is 6.08 Å².